The molecule has 7 heteroatoms. The molecule has 0 saturated heterocycles. The van der Waals surface area contributed by atoms with Gasteiger partial charge in [-0.3, -0.25) is 0 Å². The average Bonchev–Trinajstić information content (AvgIpc) is 2.74. The summed E-state index contributed by atoms with van der Waals surface area (Å²) in [6.07, 6.45) is 0.303. The number of aryl methyl sites for hydroxylation is 1. The van der Waals surface area contributed by atoms with E-state index in [1.807, 2.05) is 18.2 Å². The Morgan fingerprint density at radius 1 is 1.00 bits per heavy atom. The predicted octanol–water partition coefficient (Wildman–Crippen LogP) is 4.10. The van der Waals surface area contributed by atoms with Gasteiger partial charge in [0.25, 0.3) is 0 Å². The molecular weight excluding hydrogens is 400 g/mol. The molecule has 0 aliphatic carbocycles. The van der Waals surface area contributed by atoms with Crippen LogP contribution in [0.2, 0.25) is 0 Å². The van der Waals surface area contributed by atoms with Gasteiger partial charge in [-0.2, -0.15) is 0 Å². The number of methoxy groups -OCH3 is 3. The molecule has 2 aromatic carbocycles. The molecule has 0 aliphatic rings. The number of ether oxygens (including phenoxy) is 5. The Balaban J connectivity index is 2.03. The van der Waals surface area contributed by atoms with Gasteiger partial charge in [0.05, 0.1) is 27.4 Å². The Hall–Kier alpha value is -2.93. The highest BCUT2D eigenvalue weighted by Crippen LogP contribution is 2.40. The minimum Gasteiger partial charge on any atom is -0.493 e. The summed E-state index contributed by atoms with van der Waals surface area (Å²) in [6.45, 7) is 5.21. The van der Waals surface area contributed by atoms with Gasteiger partial charge >= 0.3 is 5.97 Å². The summed E-state index contributed by atoms with van der Waals surface area (Å²) < 4.78 is 27.0. The largest absolute Gasteiger partial charge is 0.493 e. The first-order chi connectivity index (χ1) is 14.7. The van der Waals surface area contributed by atoms with Gasteiger partial charge in [0.1, 0.15) is 11.4 Å². The molecule has 0 bridgehead atoms. The first kappa shape index (κ1) is 24.3. The smallest absolute Gasteiger partial charge is 0.344 e. The molecule has 0 aliphatic heterocycles. The number of esters is 1. The minimum atomic E-state index is -0.720. The Morgan fingerprint density at radius 2 is 1.71 bits per heavy atom. The highest BCUT2D eigenvalue weighted by Gasteiger charge is 2.18. The van der Waals surface area contributed by atoms with Gasteiger partial charge in [-0.15, -0.1) is 0 Å². The van der Waals surface area contributed by atoms with Crippen molar-refractivity contribution < 1.29 is 33.6 Å². The zero-order valence-electron chi connectivity index (χ0n) is 19.1. The fraction of sp³-hybridized carbons (Fsp3) is 0.458. The Morgan fingerprint density at radius 3 is 2.32 bits per heavy atom. The summed E-state index contributed by atoms with van der Waals surface area (Å²) in [5.41, 5.74) is 1.03. The summed E-state index contributed by atoms with van der Waals surface area (Å²) in [4.78, 5) is 11.8. The number of rotatable bonds is 10. The van der Waals surface area contributed by atoms with Gasteiger partial charge in [0.15, 0.2) is 18.1 Å². The lowest BCUT2D eigenvalue weighted by atomic mass is 10.00. The first-order valence-corrected chi connectivity index (χ1v) is 10.1. The first-order valence-electron chi connectivity index (χ1n) is 10.1. The number of benzene rings is 2. The Labute approximate surface area is 183 Å². The van der Waals surface area contributed by atoms with Crippen molar-refractivity contribution in [1.29, 1.82) is 0 Å². The Bertz CT molecular complexity index is 871. The van der Waals surface area contributed by atoms with Crippen molar-refractivity contribution >= 4 is 5.97 Å². The van der Waals surface area contributed by atoms with Gasteiger partial charge in [-0.25, -0.2) is 4.79 Å². The normalized spacial score (nSPS) is 12.1. The summed E-state index contributed by atoms with van der Waals surface area (Å²) in [6, 6.07) is 10.8. The van der Waals surface area contributed by atoms with Gasteiger partial charge in [-0.1, -0.05) is 18.2 Å². The molecule has 170 valence electrons. The van der Waals surface area contributed by atoms with Crippen LogP contribution in [-0.4, -0.2) is 44.6 Å². The van der Waals surface area contributed by atoms with E-state index in [1.165, 1.54) is 0 Å². The van der Waals surface area contributed by atoms with Crippen molar-refractivity contribution in [2.24, 2.45) is 0 Å². The summed E-state index contributed by atoms with van der Waals surface area (Å²) in [7, 11) is 4.70. The average molecular weight is 433 g/mol. The number of aliphatic hydroxyl groups excluding tert-OH is 1. The van der Waals surface area contributed by atoms with Crippen LogP contribution in [0, 0.1) is 0 Å². The number of aliphatic hydroxyl groups is 1. The lowest BCUT2D eigenvalue weighted by Gasteiger charge is -2.19. The molecular formula is C24H32O7. The van der Waals surface area contributed by atoms with E-state index >= 15 is 0 Å². The van der Waals surface area contributed by atoms with Gasteiger partial charge in [0.2, 0.25) is 5.75 Å². The standard InChI is InChI=1S/C24H32O7/c1-24(2,3)31-21(26)15-30-18-9-7-8-17(14-18)19(25)12-10-16-11-13-20(27-4)23(29-6)22(16)28-5/h7-9,11,13-14,19,25H,10,12,15H2,1-6H3/t19-/m1/s1. The second-order valence-electron chi connectivity index (χ2n) is 8.00. The highest BCUT2D eigenvalue weighted by molar-refractivity contribution is 5.71. The fourth-order valence-corrected chi connectivity index (χ4v) is 3.14. The van der Waals surface area contributed by atoms with E-state index in [0.29, 0.717) is 41.4 Å². The van der Waals surface area contributed by atoms with E-state index in [4.69, 9.17) is 23.7 Å². The third-order valence-corrected chi connectivity index (χ3v) is 4.49. The third kappa shape index (κ3) is 7.07. The lowest BCUT2D eigenvalue weighted by molar-refractivity contribution is -0.157. The van der Waals surface area contributed by atoms with Crippen molar-refractivity contribution in [2.75, 3.05) is 27.9 Å². The van der Waals surface area contributed by atoms with Gasteiger partial charge in [0, 0.05) is 0 Å². The van der Waals surface area contributed by atoms with Crippen LogP contribution in [0.5, 0.6) is 23.0 Å². The molecule has 0 unspecified atom stereocenters. The molecule has 2 aromatic rings. The minimum absolute atomic E-state index is 0.195. The van der Waals surface area contributed by atoms with Crippen LogP contribution in [-0.2, 0) is 16.0 Å². The van der Waals surface area contributed by atoms with E-state index in [2.05, 4.69) is 0 Å². The van der Waals surface area contributed by atoms with E-state index < -0.39 is 17.7 Å². The topological polar surface area (TPSA) is 83.5 Å². The SMILES string of the molecule is COc1ccc(CC[C@@H](O)c2cccc(OCC(=O)OC(C)(C)C)c2)c(OC)c1OC. The molecule has 7 nitrogen and oxygen atoms in total. The van der Waals surface area contributed by atoms with Crippen LogP contribution in [0.15, 0.2) is 36.4 Å². The molecule has 0 fully saturated rings. The van der Waals surface area contributed by atoms with Crippen molar-refractivity contribution in [1.82, 2.24) is 0 Å². The van der Waals surface area contributed by atoms with Gasteiger partial charge < -0.3 is 28.8 Å². The highest BCUT2D eigenvalue weighted by atomic mass is 16.6. The van der Waals surface area contributed by atoms with Crippen molar-refractivity contribution in [3.05, 3.63) is 47.5 Å². The van der Waals surface area contributed by atoms with Crippen LogP contribution in [0.3, 0.4) is 0 Å². The summed E-state index contributed by atoms with van der Waals surface area (Å²) in [5.74, 6) is 1.74. The van der Waals surface area contributed by atoms with Crippen LogP contribution in [0.4, 0.5) is 0 Å². The number of carbonyl (C=O) groups excluding carboxylic acids is 1. The molecule has 2 rings (SSSR count). The van der Waals surface area contributed by atoms with Crippen LogP contribution in [0.1, 0.15) is 44.4 Å². The van der Waals surface area contributed by atoms with Crippen molar-refractivity contribution in [2.45, 2.75) is 45.3 Å². The molecule has 0 heterocycles. The summed E-state index contributed by atoms with van der Waals surface area (Å²) in [5, 5.41) is 10.7. The fourth-order valence-electron chi connectivity index (χ4n) is 3.14. The maximum absolute atomic E-state index is 11.8. The third-order valence-electron chi connectivity index (χ3n) is 4.49. The van der Waals surface area contributed by atoms with Crippen LogP contribution in [0.25, 0.3) is 0 Å². The molecule has 0 amide bonds. The van der Waals surface area contributed by atoms with E-state index in [-0.39, 0.29) is 6.61 Å². The zero-order chi connectivity index (χ0) is 23.0. The number of hydrogen-bond donors (Lipinski definition) is 1. The summed E-state index contributed by atoms with van der Waals surface area (Å²) >= 11 is 0. The molecule has 31 heavy (non-hydrogen) atoms. The Kier molecular flexibility index (Phi) is 8.56. The molecule has 0 spiro atoms. The number of carbonyl (C=O) groups is 1. The maximum atomic E-state index is 11.8. The van der Waals surface area contributed by atoms with Crippen LogP contribution < -0.4 is 18.9 Å². The second-order valence-corrected chi connectivity index (χ2v) is 8.00. The predicted molar refractivity (Wildman–Crippen MR) is 117 cm³/mol. The molecule has 1 atom stereocenters. The molecule has 0 aromatic heterocycles. The van der Waals surface area contributed by atoms with E-state index in [0.717, 1.165) is 5.56 Å². The molecule has 0 radical (unpaired) electrons. The molecule has 1 N–H and O–H groups in total. The zero-order valence-corrected chi connectivity index (χ0v) is 19.1. The van der Waals surface area contributed by atoms with Crippen molar-refractivity contribution in [3.63, 3.8) is 0 Å². The lowest BCUT2D eigenvalue weighted by Crippen LogP contribution is -2.27. The van der Waals surface area contributed by atoms with Crippen LogP contribution >= 0.6 is 0 Å². The maximum Gasteiger partial charge on any atom is 0.344 e. The van der Waals surface area contributed by atoms with Gasteiger partial charge in [-0.05, 0) is 62.9 Å². The number of hydrogen-bond acceptors (Lipinski definition) is 7. The molecule has 0 saturated carbocycles. The van der Waals surface area contributed by atoms with Crippen molar-refractivity contribution in [3.8, 4) is 23.0 Å². The monoisotopic (exact) mass is 432 g/mol. The second kappa shape index (κ2) is 10.9. The van der Waals surface area contributed by atoms with E-state index in [1.54, 1.807) is 60.3 Å². The quantitative estimate of drug-likeness (QED) is 0.566. The van der Waals surface area contributed by atoms with E-state index in [9.17, 15) is 9.90 Å².